The van der Waals surface area contributed by atoms with Gasteiger partial charge in [-0.05, 0) is 12.1 Å². The van der Waals surface area contributed by atoms with E-state index in [1.54, 1.807) is 12.1 Å². The molecule has 0 saturated heterocycles. The van der Waals surface area contributed by atoms with Gasteiger partial charge in [-0.25, -0.2) is 9.59 Å². The Morgan fingerprint density at radius 3 is 1.96 bits per heavy atom. The van der Waals surface area contributed by atoms with E-state index in [4.69, 9.17) is 4.42 Å². The van der Waals surface area contributed by atoms with Crippen LogP contribution < -0.4 is 0 Å². The lowest BCUT2D eigenvalue weighted by Gasteiger charge is -2.05. The first kappa shape index (κ1) is 18.1. The van der Waals surface area contributed by atoms with E-state index >= 15 is 0 Å². The lowest BCUT2D eigenvalue weighted by molar-refractivity contribution is -0.153. The quantitative estimate of drug-likeness (QED) is 0.710. The molecule has 5 nitrogen and oxygen atoms in total. The zero-order chi connectivity index (χ0) is 18.1. The van der Waals surface area contributed by atoms with Crippen LogP contribution in [0.3, 0.4) is 0 Å². The lowest BCUT2D eigenvalue weighted by atomic mass is 10.0. The van der Waals surface area contributed by atoms with Crippen molar-refractivity contribution in [2.24, 2.45) is 0 Å². The summed E-state index contributed by atoms with van der Waals surface area (Å²) in [6, 6.07) is 5.95. The van der Waals surface area contributed by atoms with Gasteiger partial charge >= 0.3 is 18.1 Å². The summed E-state index contributed by atoms with van der Waals surface area (Å²) in [6.07, 6.45) is -5.00. The molecule has 0 unspecified atom stereocenters. The Labute approximate surface area is 142 Å². The van der Waals surface area contributed by atoms with Crippen molar-refractivity contribution in [1.82, 2.24) is 0 Å². The van der Waals surface area contributed by atoms with Gasteiger partial charge < -0.3 is 13.9 Å². The molecule has 0 atom stereocenters. The molecule has 2 rings (SSSR count). The normalized spacial score (nSPS) is 11.2. The Hall–Kier alpha value is -2.29. The maximum Gasteiger partial charge on any atom is 0.450 e. The Balaban J connectivity index is 2.83. The monoisotopic (exact) mass is 406 g/mol. The first-order valence-electron chi connectivity index (χ1n) is 6.37. The number of benzene rings is 1. The molecule has 0 radical (unpaired) electrons. The number of alkyl halides is 3. The third-order valence-electron chi connectivity index (χ3n) is 3.05. The molecule has 0 saturated carbocycles. The van der Waals surface area contributed by atoms with Crippen LogP contribution in [-0.4, -0.2) is 26.2 Å². The Bertz CT molecular complexity index is 778. The molecule has 2 aromatic rings. The van der Waals surface area contributed by atoms with Crippen LogP contribution in [-0.2, 0) is 15.7 Å². The molecule has 128 valence electrons. The zero-order valence-electron chi connectivity index (χ0n) is 12.4. The van der Waals surface area contributed by atoms with Gasteiger partial charge in [-0.15, -0.1) is 0 Å². The molecule has 0 aliphatic rings. The number of ether oxygens (including phenoxy) is 2. The lowest BCUT2D eigenvalue weighted by Crippen LogP contribution is -2.16. The number of hydrogen-bond acceptors (Lipinski definition) is 5. The molecule has 0 aliphatic heterocycles. The van der Waals surface area contributed by atoms with E-state index in [0.717, 1.165) is 14.2 Å². The fraction of sp³-hybridized carbons (Fsp3) is 0.200. The number of hydrogen-bond donors (Lipinski definition) is 0. The van der Waals surface area contributed by atoms with E-state index in [1.807, 2.05) is 0 Å². The first-order valence-corrected chi connectivity index (χ1v) is 7.16. The molecule has 0 amide bonds. The second-order valence-corrected chi connectivity index (χ2v) is 5.41. The molecule has 0 fully saturated rings. The third kappa shape index (κ3) is 3.30. The Kier molecular flexibility index (Phi) is 5.02. The minimum absolute atomic E-state index is 0.166. The molecule has 0 bridgehead atoms. The number of carbonyl (C=O) groups excluding carboxylic acids is 2. The van der Waals surface area contributed by atoms with Crippen molar-refractivity contribution in [2.45, 2.75) is 6.18 Å². The van der Waals surface area contributed by atoms with E-state index in [9.17, 15) is 22.8 Å². The molecule has 0 N–H and O–H groups in total. The average molecular weight is 407 g/mol. The fourth-order valence-electron chi connectivity index (χ4n) is 2.03. The summed E-state index contributed by atoms with van der Waals surface area (Å²) in [5.41, 5.74) is -1.49. The topological polar surface area (TPSA) is 65.7 Å². The van der Waals surface area contributed by atoms with E-state index in [2.05, 4.69) is 25.4 Å². The van der Waals surface area contributed by atoms with Crippen LogP contribution in [0.2, 0.25) is 0 Å². The van der Waals surface area contributed by atoms with Crippen LogP contribution in [0.15, 0.2) is 33.2 Å². The molecule has 9 heteroatoms. The average Bonchev–Trinajstić information content (AvgIpc) is 2.94. The summed E-state index contributed by atoms with van der Waals surface area (Å²) < 4.78 is 54.0. The van der Waals surface area contributed by atoms with Gasteiger partial charge in [-0.3, -0.25) is 0 Å². The fourth-order valence-corrected chi connectivity index (χ4v) is 2.29. The van der Waals surface area contributed by atoms with Crippen LogP contribution in [0, 0.1) is 0 Å². The van der Waals surface area contributed by atoms with Crippen molar-refractivity contribution in [3.63, 3.8) is 0 Å². The molecule has 1 aromatic heterocycles. The summed E-state index contributed by atoms with van der Waals surface area (Å²) in [7, 11) is 1.88. The first-order chi connectivity index (χ1) is 11.2. The summed E-state index contributed by atoms with van der Waals surface area (Å²) in [5, 5.41) is 0. The van der Waals surface area contributed by atoms with Crippen molar-refractivity contribution >= 4 is 27.9 Å². The number of esters is 2. The third-order valence-corrected chi connectivity index (χ3v) is 3.58. The van der Waals surface area contributed by atoms with Gasteiger partial charge in [0.25, 0.3) is 0 Å². The van der Waals surface area contributed by atoms with E-state index in [1.165, 1.54) is 12.1 Å². The molecule has 24 heavy (non-hydrogen) atoms. The van der Waals surface area contributed by atoms with Gasteiger partial charge in [0.1, 0.15) is 16.9 Å². The predicted octanol–water partition coefficient (Wildman–Crippen LogP) is 4.30. The number of rotatable bonds is 3. The zero-order valence-corrected chi connectivity index (χ0v) is 13.9. The number of furan rings is 1. The van der Waals surface area contributed by atoms with Crippen LogP contribution in [0.5, 0.6) is 0 Å². The van der Waals surface area contributed by atoms with Crippen LogP contribution in [0.1, 0.15) is 26.5 Å². The van der Waals surface area contributed by atoms with Gasteiger partial charge in [0.15, 0.2) is 0 Å². The van der Waals surface area contributed by atoms with Gasteiger partial charge in [0.2, 0.25) is 5.76 Å². The summed E-state index contributed by atoms with van der Waals surface area (Å²) >= 11 is 3.19. The summed E-state index contributed by atoms with van der Waals surface area (Å²) in [6.45, 7) is 0. The highest BCUT2D eigenvalue weighted by Gasteiger charge is 2.45. The number of methoxy groups -OCH3 is 2. The van der Waals surface area contributed by atoms with Crippen molar-refractivity contribution in [3.05, 3.63) is 45.6 Å². The minimum atomic E-state index is -5.00. The maximum absolute atomic E-state index is 13.2. The van der Waals surface area contributed by atoms with E-state index < -0.39 is 40.8 Å². The Morgan fingerprint density at radius 1 is 1.00 bits per heavy atom. The number of halogens is 4. The molecule has 0 aliphatic carbocycles. The Morgan fingerprint density at radius 2 is 1.50 bits per heavy atom. The second kappa shape index (κ2) is 6.68. The van der Waals surface area contributed by atoms with E-state index in [-0.39, 0.29) is 5.56 Å². The second-order valence-electron chi connectivity index (χ2n) is 4.50. The van der Waals surface area contributed by atoms with Gasteiger partial charge in [0, 0.05) is 10.0 Å². The summed E-state index contributed by atoms with van der Waals surface area (Å²) in [4.78, 5) is 23.8. The largest absolute Gasteiger partial charge is 0.465 e. The van der Waals surface area contributed by atoms with Crippen molar-refractivity contribution in [1.29, 1.82) is 0 Å². The highest BCUT2D eigenvalue weighted by Crippen LogP contribution is 2.41. The molecule has 1 heterocycles. The molecular weight excluding hydrogens is 397 g/mol. The highest BCUT2D eigenvalue weighted by atomic mass is 79.9. The summed E-state index contributed by atoms with van der Waals surface area (Å²) in [5.74, 6) is -4.54. The van der Waals surface area contributed by atoms with Gasteiger partial charge in [-0.1, -0.05) is 28.1 Å². The maximum atomic E-state index is 13.2. The van der Waals surface area contributed by atoms with Crippen molar-refractivity contribution < 1.29 is 36.7 Å². The standard InChI is InChI=1S/C15H10BrF3O5/c1-22-13(20)9-10(14(21)23-2)12(15(17,18)19)24-11(9)7-3-5-8(16)6-4-7/h3-6H,1-2H3. The SMILES string of the molecule is COC(=O)c1c(-c2ccc(Br)cc2)oc(C(F)(F)F)c1C(=O)OC. The van der Waals surface area contributed by atoms with Crippen LogP contribution >= 0.6 is 15.9 Å². The minimum Gasteiger partial charge on any atom is -0.465 e. The smallest absolute Gasteiger partial charge is 0.450 e. The van der Waals surface area contributed by atoms with Crippen molar-refractivity contribution in [3.8, 4) is 11.3 Å². The number of carbonyl (C=O) groups is 2. The van der Waals surface area contributed by atoms with Gasteiger partial charge in [0.05, 0.1) is 14.2 Å². The van der Waals surface area contributed by atoms with Crippen LogP contribution in [0.4, 0.5) is 13.2 Å². The van der Waals surface area contributed by atoms with Crippen molar-refractivity contribution in [2.75, 3.05) is 14.2 Å². The molecule has 0 spiro atoms. The molecular formula is C15H10BrF3O5. The molecule has 1 aromatic carbocycles. The van der Waals surface area contributed by atoms with Crippen LogP contribution in [0.25, 0.3) is 11.3 Å². The van der Waals surface area contributed by atoms with Gasteiger partial charge in [-0.2, -0.15) is 13.2 Å². The predicted molar refractivity (Wildman–Crippen MR) is 79.5 cm³/mol. The van der Waals surface area contributed by atoms with E-state index in [0.29, 0.717) is 4.47 Å². The highest BCUT2D eigenvalue weighted by molar-refractivity contribution is 9.10.